The molecule has 1 aromatic carbocycles. The molecule has 0 radical (unpaired) electrons. The van der Waals surface area contributed by atoms with E-state index in [4.69, 9.17) is 15.4 Å². The normalized spacial score (nSPS) is 12.3. The second kappa shape index (κ2) is 5.62. The summed E-state index contributed by atoms with van der Waals surface area (Å²) < 4.78 is 5.03. The number of carbonyl (C=O) groups is 1. The van der Waals surface area contributed by atoms with Gasteiger partial charge in [-0.3, -0.25) is 4.79 Å². The van der Waals surface area contributed by atoms with E-state index >= 15 is 0 Å². The summed E-state index contributed by atoms with van der Waals surface area (Å²) in [7, 11) is 0. The number of carboxylic acids is 1. The van der Waals surface area contributed by atoms with Crippen molar-refractivity contribution in [3.63, 3.8) is 0 Å². The van der Waals surface area contributed by atoms with Crippen molar-refractivity contribution in [1.82, 2.24) is 10.1 Å². The number of aryl methyl sites for hydroxylation is 1. The van der Waals surface area contributed by atoms with Gasteiger partial charge in [-0.1, -0.05) is 35.0 Å². The second-order valence-corrected chi connectivity index (χ2v) is 4.29. The molecule has 1 heterocycles. The number of nitrogens with two attached hydrogens (primary N) is 1. The highest BCUT2D eigenvalue weighted by Crippen LogP contribution is 2.22. The van der Waals surface area contributed by atoms with Crippen molar-refractivity contribution in [2.45, 2.75) is 19.3 Å². The molecule has 0 amide bonds. The van der Waals surface area contributed by atoms with E-state index in [0.29, 0.717) is 5.82 Å². The lowest BCUT2D eigenvalue weighted by atomic mass is 10.1. The Bertz CT molecular complexity index is 563. The van der Waals surface area contributed by atoms with Gasteiger partial charge in [-0.15, -0.1) is 0 Å². The average Bonchev–Trinajstić information content (AvgIpc) is 2.85. The molecule has 0 bridgehead atoms. The number of rotatable bonds is 5. The maximum absolute atomic E-state index is 11.1. The summed E-state index contributed by atoms with van der Waals surface area (Å²) in [6.07, 6.45) is 0.269. The number of hydrogen-bond donors (Lipinski definition) is 2. The highest BCUT2D eigenvalue weighted by molar-refractivity contribution is 5.74. The van der Waals surface area contributed by atoms with Gasteiger partial charge in [-0.05, 0) is 19.9 Å². The molecular weight excluding hydrogens is 246 g/mol. The van der Waals surface area contributed by atoms with E-state index in [0.717, 1.165) is 11.1 Å². The van der Waals surface area contributed by atoms with Crippen molar-refractivity contribution in [3.05, 3.63) is 35.7 Å². The van der Waals surface area contributed by atoms with Gasteiger partial charge in [0.25, 0.3) is 0 Å². The van der Waals surface area contributed by atoms with Crippen molar-refractivity contribution >= 4 is 5.97 Å². The molecule has 0 spiro atoms. The molecule has 100 valence electrons. The fourth-order valence-electron chi connectivity index (χ4n) is 1.72. The number of nitrogens with zero attached hydrogens (tertiary/aromatic N) is 2. The summed E-state index contributed by atoms with van der Waals surface area (Å²) in [5.74, 6) is -1.38. The lowest BCUT2D eigenvalue weighted by Gasteiger charge is -2.04. The van der Waals surface area contributed by atoms with Crippen LogP contribution in [0.1, 0.15) is 23.8 Å². The van der Waals surface area contributed by atoms with Crippen LogP contribution in [0.5, 0.6) is 0 Å². The molecule has 6 heteroatoms. The first-order chi connectivity index (χ1) is 9.11. The van der Waals surface area contributed by atoms with Crippen molar-refractivity contribution in [2.75, 3.05) is 6.54 Å². The molecule has 2 rings (SSSR count). The van der Waals surface area contributed by atoms with Gasteiger partial charge < -0.3 is 15.4 Å². The molecule has 1 atom stereocenters. The van der Waals surface area contributed by atoms with Crippen LogP contribution < -0.4 is 5.73 Å². The molecule has 0 aliphatic rings. The zero-order chi connectivity index (χ0) is 13.8. The molecule has 0 aliphatic carbocycles. The Labute approximate surface area is 110 Å². The van der Waals surface area contributed by atoms with Gasteiger partial charge in [-0.2, -0.15) is 4.98 Å². The van der Waals surface area contributed by atoms with E-state index < -0.39 is 11.9 Å². The highest BCUT2D eigenvalue weighted by Gasteiger charge is 2.25. The van der Waals surface area contributed by atoms with Gasteiger partial charge in [-0.25, -0.2) is 0 Å². The highest BCUT2D eigenvalue weighted by atomic mass is 16.5. The standard InChI is InChI=1S/C13H15N3O3/c1-8-2-4-9(5-3-8)11-15-12(19-16-11)10(6-7-14)13(17)18/h2-5,10H,6-7,14H2,1H3,(H,17,18). The Morgan fingerprint density at radius 3 is 2.68 bits per heavy atom. The molecule has 0 saturated carbocycles. The van der Waals surface area contributed by atoms with Crippen LogP contribution in [-0.2, 0) is 4.79 Å². The van der Waals surface area contributed by atoms with E-state index in [9.17, 15) is 4.79 Å². The van der Waals surface area contributed by atoms with Gasteiger partial charge in [0.1, 0.15) is 5.92 Å². The summed E-state index contributed by atoms with van der Waals surface area (Å²) in [6.45, 7) is 2.23. The van der Waals surface area contributed by atoms with E-state index in [1.165, 1.54) is 0 Å². The number of aliphatic carboxylic acids is 1. The maximum atomic E-state index is 11.1. The largest absolute Gasteiger partial charge is 0.481 e. The smallest absolute Gasteiger partial charge is 0.316 e. The molecule has 0 fully saturated rings. The third-order valence-electron chi connectivity index (χ3n) is 2.80. The van der Waals surface area contributed by atoms with Crippen molar-refractivity contribution in [1.29, 1.82) is 0 Å². The fourth-order valence-corrected chi connectivity index (χ4v) is 1.72. The lowest BCUT2D eigenvalue weighted by molar-refractivity contribution is -0.139. The van der Waals surface area contributed by atoms with Crippen LogP contribution >= 0.6 is 0 Å². The van der Waals surface area contributed by atoms with Gasteiger partial charge in [0, 0.05) is 5.56 Å². The first-order valence-electron chi connectivity index (χ1n) is 5.95. The quantitative estimate of drug-likeness (QED) is 0.846. The first kappa shape index (κ1) is 13.2. The Hall–Kier alpha value is -2.21. The van der Waals surface area contributed by atoms with E-state index in [2.05, 4.69) is 10.1 Å². The average molecular weight is 261 g/mol. The van der Waals surface area contributed by atoms with Crippen molar-refractivity contribution in [3.8, 4) is 11.4 Å². The number of benzene rings is 1. The SMILES string of the molecule is Cc1ccc(-c2noc(C(CCN)C(=O)O)n2)cc1. The third kappa shape index (κ3) is 2.97. The zero-order valence-corrected chi connectivity index (χ0v) is 10.5. The summed E-state index contributed by atoms with van der Waals surface area (Å²) in [6, 6.07) is 7.59. The monoisotopic (exact) mass is 261 g/mol. The summed E-state index contributed by atoms with van der Waals surface area (Å²) in [5.41, 5.74) is 7.30. The number of carboxylic acid groups (broad SMARTS) is 1. The van der Waals surface area contributed by atoms with Crippen LogP contribution in [0.25, 0.3) is 11.4 Å². The lowest BCUT2D eigenvalue weighted by Crippen LogP contribution is -2.16. The van der Waals surface area contributed by atoms with Crippen LogP contribution in [0.15, 0.2) is 28.8 Å². The van der Waals surface area contributed by atoms with Gasteiger partial charge in [0.2, 0.25) is 11.7 Å². The molecule has 3 N–H and O–H groups in total. The van der Waals surface area contributed by atoms with E-state index in [1.807, 2.05) is 31.2 Å². The minimum atomic E-state index is -1.01. The minimum Gasteiger partial charge on any atom is -0.481 e. The Balaban J connectivity index is 2.27. The number of aromatic nitrogens is 2. The van der Waals surface area contributed by atoms with Gasteiger partial charge >= 0.3 is 5.97 Å². The second-order valence-electron chi connectivity index (χ2n) is 4.29. The van der Waals surface area contributed by atoms with Crippen LogP contribution in [-0.4, -0.2) is 27.8 Å². The molecule has 6 nitrogen and oxygen atoms in total. The Morgan fingerprint density at radius 1 is 1.42 bits per heavy atom. The molecule has 19 heavy (non-hydrogen) atoms. The predicted molar refractivity (Wildman–Crippen MR) is 68.5 cm³/mol. The zero-order valence-electron chi connectivity index (χ0n) is 10.5. The van der Waals surface area contributed by atoms with Gasteiger partial charge in [0.15, 0.2) is 0 Å². The van der Waals surface area contributed by atoms with Crippen LogP contribution in [0, 0.1) is 6.92 Å². The van der Waals surface area contributed by atoms with Crippen LogP contribution in [0.4, 0.5) is 0 Å². The molecule has 0 aliphatic heterocycles. The topological polar surface area (TPSA) is 102 Å². The summed E-state index contributed by atoms with van der Waals surface area (Å²) in [4.78, 5) is 15.2. The Morgan fingerprint density at radius 2 is 2.11 bits per heavy atom. The summed E-state index contributed by atoms with van der Waals surface area (Å²) >= 11 is 0. The maximum Gasteiger partial charge on any atom is 0.316 e. The predicted octanol–water partition coefficient (Wildman–Crippen LogP) is 1.56. The van der Waals surface area contributed by atoms with Crippen LogP contribution in [0.3, 0.4) is 0 Å². The van der Waals surface area contributed by atoms with Gasteiger partial charge in [0.05, 0.1) is 0 Å². The minimum absolute atomic E-state index is 0.0912. The third-order valence-corrected chi connectivity index (χ3v) is 2.80. The molecule has 1 aromatic heterocycles. The molecule has 1 unspecified atom stereocenters. The molecule has 0 saturated heterocycles. The molecular formula is C13H15N3O3. The first-order valence-corrected chi connectivity index (χ1v) is 5.95. The van der Waals surface area contributed by atoms with Crippen molar-refractivity contribution in [2.24, 2.45) is 5.73 Å². The van der Waals surface area contributed by atoms with Crippen molar-refractivity contribution < 1.29 is 14.4 Å². The Kier molecular flexibility index (Phi) is 3.91. The fraction of sp³-hybridized carbons (Fsp3) is 0.308. The van der Waals surface area contributed by atoms with E-state index in [1.54, 1.807) is 0 Å². The van der Waals surface area contributed by atoms with Crippen LogP contribution in [0.2, 0.25) is 0 Å². The molecule has 2 aromatic rings. The summed E-state index contributed by atoms with van der Waals surface area (Å²) in [5, 5.41) is 12.9. The number of hydrogen-bond acceptors (Lipinski definition) is 5. The van der Waals surface area contributed by atoms with E-state index in [-0.39, 0.29) is 18.9 Å².